The fourth-order valence-electron chi connectivity index (χ4n) is 3.01. The molecule has 0 saturated carbocycles. The molecule has 0 bridgehead atoms. The van der Waals surface area contributed by atoms with Crippen LogP contribution in [0.25, 0.3) is 11.3 Å². The molecule has 0 aliphatic carbocycles. The third-order valence-corrected chi connectivity index (χ3v) is 4.48. The lowest BCUT2D eigenvalue weighted by Gasteiger charge is -2.34. The number of hydrogen-bond acceptors (Lipinski definition) is 7. The number of benzene rings is 1. The first kappa shape index (κ1) is 19.9. The van der Waals surface area contributed by atoms with Crippen molar-refractivity contribution >= 4 is 17.9 Å². The van der Waals surface area contributed by atoms with Crippen LogP contribution in [0.15, 0.2) is 36.4 Å². The van der Waals surface area contributed by atoms with Crippen LogP contribution in [-0.2, 0) is 9.47 Å². The summed E-state index contributed by atoms with van der Waals surface area (Å²) < 4.78 is 10.2. The average molecular weight is 385 g/mol. The number of nitrogens with one attached hydrogen (secondary N) is 1. The van der Waals surface area contributed by atoms with Crippen molar-refractivity contribution in [3.05, 3.63) is 36.4 Å². The Morgan fingerprint density at radius 3 is 2.57 bits per heavy atom. The number of anilines is 2. The van der Waals surface area contributed by atoms with E-state index in [1.54, 1.807) is 12.0 Å². The van der Waals surface area contributed by atoms with E-state index in [9.17, 15) is 4.79 Å². The van der Waals surface area contributed by atoms with E-state index in [1.165, 1.54) is 0 Å². The number of rotatable bonds is 7. The van der Waals surface area contributed by atoms with E-state index in [2.05, 4.69) is 15.2 Å². The van der Waals surface area contributed by atoms with Crippen molar-refractivity contribution in [1.29, 1.82) is 0 Å². The molecule has 2 heterocycles. The van der Waals surface area contributed by atoms with Crippen LogP contribution in [-0.4, -0.2) is 74.0 Å². The van der Waals surface area contributed by atoms with Gasteiger partial charge in [-0.1, -0.05) is 30.3 Å². The van der Waals surface area contributed by atoms with Crippen LogP contribution in [0.1, 0.15) is 6.92 Å². The number of piperazine rings is 1. The van der Waals surface area contributed by atoms with E-state index in [-0.39, 0.29) is 6.09 Å². The van der Waals surface area contributed by atoms with E-state index in [1.807, 2.05) is 43.3 Å². The third-order valence-electron chi connectivity index (χ3n) is 4.48. The molecule has 0 spiro atoms. The maximum absolute atomic E-state index is 11.9. The van der Waals surface area contributed by atoms with E-state index < -0.39 is 0 Å². The van der Waals surface area contributed by atoms with Crippen molar-refractivity contribution in [2.24, 2.45) is 0 Å². The highest BCUT2D eigenvalue weighted by atomic mass is 16.6. The summed E-state index contributed by atoms with van der Waals surface area (Å²) in [6, 6.07) is 12.0. The van der Waals surface area contributed by atoms with E-state index in [4.69, 9.17) is 14.5 Å². The monoisotopic (exact) mass is 385 g/mol. The molecule has 2 aromatic rings. The molecule has 0 radical (unpaired) electrons. The molecular formula is C20H27N5O3. The Hall–Kier alpha value is -2.87. The molecule has 1 aromatic carbocycles. The fraction of sp³-hybridized carbons (Fsp3) is 0.450. The number of methoxy groups -OCH3 is 1. The van der Waals surface area contributed by atoms with Crippen molar-refractivity contribution in [3.8, 4) is 11.3 Å². The van der Waals surface area contributed by atoms with Crippen molar-refractivity contribution < 1.29 is 14.3 Å². The van der Waals surface area contributed by atoms with Gasteiger partial charge in [0.1, 0.15) is 5.82 Å². The highest BCUT2D eigenvalue weighted by Gasteiger charge is 2.24. The summed E-state index contributed by atoms with van der Waals surface area (Å²) in [6.45, 7) is 5.96. The Balaban J connectivity index is 1.78. The zero-order chi connectivity index (χ0) is 19.8. The third kappa shape index (κ3) is 5.10. The van der Waals surface area contributed by atoms with Crippen LogP contribution in [0, 0.1) is 0 Å². The predicted molar refractivity (Wildman–Crippen MR) is 109 cm³/mol. The number of nitrogens with zero attached hydrogens (tertiary/aromatic N) is 4. The van der Waals surface area contributed by atoms with Crippen LogP contribution in [0.2, 0.25) is 0 Å². The quantitative estimate of drug-likeness (QED) is 0.734. The zero-order valence-electron chi connectivity index (χ0n) is 16.4. The Kier molecular flexibility index (Phi) is 7.02. The lowest BCUT2D eigenvalue weighted by molar-refractivity contribution is 0.105. The van der Waals surface area contributed by atoms with E-state index >= 15 is 0 Å². The van der Waals surface area contributed by atoms with Gasteiger partial charge in [0.15, 0.2) is 0 Å². The van der Waals surface area contributed by atoms with Gasteiger partial charge < -0.3 is 24.6 Å². The minimum atomic E-state index is -0.261. The Labute approximate surface area is 165 Å². The molecule has 1 saturated heterocycles. The van der Waals surface area contributed by atoms with Gasteiger partial charge in [0, 0.05) is 51.5 Å². The van der Waals surface area contributed by atoms with Gasteiger partial charge in [-0.3, -0.25) is 0 Å². The molecule has 1 aliphatic rings. The normalized spacial score (nSPS) is 14.1. The lowest BCUT2D eigenvalue weighted by atomic mass is 10.1. The van der Waals surface area contributed by atoms with Gasteiger partial charge in [-0.2, -0.15) is 4.98 Å². The average Bonchev–Trinajstić information content (AvgIpc) is 2.75. The fourth-order valence-corrected chi connectivity index (χ4v) is 3.01. The first-order valence-corrected chi connectivity index (χ1v) is 9.55. The number of carbonyl (C=O) groups excluding carboxylic acids is 1. The summed E-state index contributed by atoms with van der Waals surface area (Å²) >= 11 is 0. The maximum atomic E-state index is 11.9. The maximum Gasteiger partial charge on any atom is 0.409 e. The van der Waals surface area contributed by atoms with Crippen LogP contribution in [0.3, 0.4) is 0 Å². The molecule has 8 nitrogen and oxygen atoms in total. The minimum Gasteiger partial charge on any atom is -0.450 e. The lowest BCUT2D eigenvalue weighted by Crippen LogP contribution is -2.49. The Morgan fingerprint density at radius 1 is 1.14 bits per heavy atom. The molecule has 150 valence electrons. The molecule has 1 fully saturated rings. The summed E-state index contributed by atoms with van der Waals surface area (Å²) in [5, 5.41) is 3.29. The summed E-state index contributed by atoms with van der Waals surface area (Å²) in [5.74, 6) is 1.42. The molecular weight excluding hydrogens is 358 g/mol. The Bertz CT molecular complexity index is 764. The molecule has 0 unspecified atom stereocenters. The van der Waals surface area contributed by atoms with Crippen LogP contribution in [0.4, 0.5) is 16.6 Å². The molecule has 8 heteroatoms. The van der Waals surface area contributed by atoms with Crippen molar-refractivity contribution in [1.82, 2.24) is 14.9 Å². The zero-order valence-corrected chi connectivity index (χ0v) is 16.4. The number of amides is 1. The van der Waals surface area contributed by atoms with E-state index in [0.29, 0.717) is 51.9 Å². The van der Waals surface area contributed by atoms with Crippen molar-refractivity contribution in [2.75, 3.05) is 63.3 Å². The Morgan fingerprint density at radius 2 is 1.89 bits per heavy atom. The highest BCUT2D eigenvalue weighted by molar-refractivity contribution is 5.68. The van der Waals surface area contributed by atoms with Gasteiger partial charge in [0.25, 0.3) is 0 Å². The first-order chi connectivity index (χ1) is 13.7. The summed E-state index contributed by atoms with van der Waals surface area (Å²) in [6.07, 6.45) is -0.261. The van der Waals surface area contributed by atoms with Gasteiger partial charge in [-0.05, 0) is 6.92 Å². The number of hydrogen-bond donors (Lipinski definition) is 1. The topological polar surface area (TPSA) is 79.8 Å². The second kappa shape index (κ2) is 9.89. The molecule has 1 aliphatic heterocycles. The molecule has 3 rings (SSSR count). The smallest absolute Gasteiger partial charge is 0.409 e. The van der Waals surface area contributed by atoms with Gasteiger partial charge in [-0.25, -0.2) is 9.78 Å². The molecule has 1 amide bonds. The van der Waals surface area contributed by atoms with Crippen molar-refractivity contribution in [3.63, 3.8) is 0 Å². The van der Waals surface area contributed by atoms with Crippen molar-refractivity contribution in [2.45, 2.75) is 6.92 Å². The van der Waals surface area contributed by atoms with Crippen LogP contribution in [0.5, 0.6) is 0 Å². The minimum absolute atomic E-state index is 0.261. The van der Waals surface area contributed by atoms with Crippen LogP contribution >= 0.6 is 0 Å². The molecule has 1 aromatic heterocycles. The molecule has 0 atom stereocenters. The second-order valence-corrected chi connectivity index (χ2v) is 6.40. The summed E-state index contributed by atoms with van der Waals surface area (Å²) in [5.41, 5.74) is 1.89. The standard InChI is InChI=1S/C20H27N5O3/c1-3-28-20(26)25-12-10-24(11-13-25)19-22-17(16-7-5-4-6-8-16)15-18(23-19)21-9-14-27-2/h4-8,15H,3,9-14H2,1-2H3,(H,21,22,23). The second-order valence-electron chi connectivity index (χ2n) is 6.40. The predicted octanol–water partition coefficient (Wildman–Crippen LogP) is 2.48. The SMILES string of the molecule is CCOC(=O)N1CCN(c2nc(NCCOC)cc(-c3ccccc3)n2)CC1. The largest absolute Gasteiger partial charge is 0.450 e. The van der Waals surface area contributed by atoms with E-state index in [0.717, 1.165) is 17.1 Å². The van der Waals surface area contributed by atoms with Crippen LogP contribution < -0.4 is 10.2 Å². The van der Waals surface area contributed by atoms with Gasteiger partial charge in [0.2, 0.25) is 5.95 Å². The summed E-state index contributed by atoms with van der Waals surface area (Å²) in [4.78, 5) is 25.2. The summed E-state index contributed by atoms with van der Waals surface area (Å²) in [7, 11) is 1.67. The molecule has 28 heavy (non-hydrogen) atoms. The first-order valence-electron chi connectivity index (χ1n) is 9.55. The number of ether oxygens (including phenoxy) is 2. The van der Waals surface area contributed by atoms with Gasteiger partial charge >= 0.3 is 6.09 Å². The molecule has 1 N–H and O–H groups in total. The highest BCUT2D eigenvalue weighted by Crippen LogP contribution is 2.23. The van der Waals surface area contributed by atoms with Gasteiger partial charge in [-0.15, -0.1) is 0 Å². The number of aromatic nitrogens is 2. The van der Waals surface area contributed by atoms with Gasteiger partial charge in [0.05, 0.1) is 18.9 Å². The number of carbonyl (C=O) groups is 1.